The predicted octanol–water partition coefficient (Wildman–Crippen LogP) is 2.90. The first-order valence-corrected chi connectivity index (χ1v) is 5.93. The van der Waals surface area contributed by atoms with Crippen molar-refractivity contribution < 1.29 is 9.72 Å². The van der Waals surface area contributed by atoms with Gasteiger partial charge in [-0.1, -0.05) is 31.0 Å². The summed E-state index contributed by atoms with van der Waals surface area (Å²) in [6.45, 7) is 0. The molecule has 4 nitrogen and oxygen atoms in total. The van der Waals surface area contributed by atoms with Crippen LogP contribution in [0.3, 0.4) is 0 Å². The molecule has 1 aromatic carbocycles. The highest BCUT2D eigenvalue weighted by Crippen LogP contribution is 2.28. The number of ketones is 1. The van der Waals surface area contributed by atoms with Gasteiger partial charge in [-0.05, 0) is 12.8 Å². The van der Waals surface area contributed by atoms with E-state index in [4.69, 9.17) is 0 Å². The van der Waals surface area contributed by atoms with Gasteiger partial charge in [0.2, 0.25) is 0 Å². The molecule has 0 unspecified atom stereocenters. The molecule has 2 rings (SSSR count). The summed E-state index contributed by atoms with van der Waals surface area (Å²) in [7, 11) is 0. The molecule has 0 bridgehead atoms. The lowest BCUT2D eigenvalue weighted by molar-refractivity contribution is -0.385. The molecule has 90 valence electrons. The van der Waals surface area contributed by atoms with Crippen molar-refractivity contribution in [1.29, 1.82) is 0 Å². The van der Waals surface area contributed by atoms with Crippen LogP contribution in [0, 0.1) is 16.0 Å². The highest BCUT2D eigenvalue weighted by atomic mass is 16.6. The lowest BCUT2D eigenvalue weighted by atomic mass is 9.96. The summed E-state index contributed by atoms with van der Waals surface area (Å²) >= 11 is 0. The molecule has 1 aliphatic carbocycles. The first-order valence-electron chi connectivity index (χ1n) is 5.93. The normalized spacial score (nSPS) is 16.0. The minimum Gasteiger partial charge on any atom is -0.299 e. The van der Waals surface area contributed by atoms with Crippen molar-refractivity contribution in [2.45, 2.75) is 32.1 Å². The van der Waals surface area contributed by atoms with Gasteiger partial charge in [0, 0.05) is 24.0 Å². The minimum atomic E-state index is -0.419. The maximum atomic E-state index is 12.0. The van der Waals surface area contributed by atoms with Gasteiger partial charge in [-0.15, -0.1) is 0 Å². The van der Waals surface area contributed by atoms with Crippen LogP contribution in [0.25, 0.3) is 0 Å². The molecule has 0 saturated heterocycles. The van der Waals surface area contributed by atoms with Crippen molar-refractivity contribution in [2.75, 3.05) is 0 Å². The SMILES string of the molecule is O=C(Cc1ccccc1[N+](=O)[O-])C1CCCC1. The molecule has 0 aliphatic heterocycles. The van der Waals surface area contributed by atoms with Gasteiger partial charge in [0.15, 0.2) is 0 Å². The Morgan fingerprint density at radius 3 is 2.59 bits per heavy atom. The summed E-state index contributed by atoms with van der Waals surface area (Å²) in [5, 5.41) is 10.8. The lowest BCUT2D eigenvalue weighted by Crippen LogP contribution is -2.14. The van der Waals surface area contributed by atoms with E-state index in [2.05, 4.69) is 0 Å². The summed E-state index contributed by atoms with van der Waals surface area (Å²) < 4.78 is 0. The predicted molar refractivity (Wildman–Crippen MR) is 63.8 cm³/mol. The van der Waals surface area contributed by atoms with E-state index in [9.17, 15) is 14.9 Å². The molecular formula is C13H15NO3. The van der Waals surface area contributed by atoms with Gasteiger partial charge in [-0.25, -0.2) is 0 Å². The van der Waals surface area contributed by atoms with E-state index >= 15 is 0 Å². The number of nitro groups is 1. The Morgan fingerprint density at radius 2 is 1.94 bits per heavy atom. The maximum absolute atomic E-state index is 12.0. The Kier molecular flexibility index (Phi) is 3.52. The van der Waals surface area contributed by atoms with E-state index in [1.54, 1.807) is 18.2 Å². The number of hydrogen-bond acceptors (Lipinski definition) is 3. The fourth-order valence-corrected chi connectivity index (χ4v) is 2.42. The van der Waals surface area contributed by atoms with Crippen LogP contribution in [-0.4, -0.2) is 10.7 Å². The van der Waals surface area contributed by atoms with Gasteiger partial charge in [-0.2, -0.15) is 0 Å². The number of para-hydroxylation sites is 1. The first kappa shape index (κ1) is 11.8. The Balaban J connectivity index is 2.12. The molecule has 1 aromatic rings. The fraction of sp³-hybridized carbons (Fsp3) is 0.462. The molecule has 1 saturated carbocycles. The average Bonchev–Trinajstić information content (AvgIpc) is 2.83. The van der Waals surface area contributed by atoms with Gasteiger partial charge in [-0.3, -0.25) is 14.9 Å². The van der Waals surface area contributed by atoms with Crippen molar-refractivity contribution in [3.63, 3.8) is 0 Å². The van der Waals surface area contributed by atoms with Gasteiger partial charge in [0.1, 0.15) is 5.78 Å². The number of nitro benzene ring substituents is 1. The van der Waals surface area contributed by atoms with Crippen LogP contribution in [0.2, 0.25) is 0 Å². The highest BCUT2D eigenvalue weighted by molar-refractivity contribution is 5.84. The molecule has 0 spiro atoms. The van der Waals surface area contributed by atoms with Crippen LogP contribution in [0.1, 0.15) is 31.2 Å². The van der Waals surface area contributed by atoms with E-state index in [0.29, 0.717) is 5.56 Å². The van der Waals surface area contributed by atoms with E-state index < -0.39 is 4.92 Å². The van der Waals surface area contributed by atoms with Crippen molar-refractivity contribution in [1.82, 2.24) is 0 Å². The number of nitrogens with zero attached hydrogens (tertiary/aromatic N) is 1. The second-order valence-corrected chi connectivity index (χ2v) is 4.51. The number of carbonyl (C=O) groups is 1. The van der Waals surface area contributed by atoms with Gasteiger partial charge in [0.05, 0.1) is 4.92 Å². The largest absolute Gasteiger partial charge is 0.299 e. The van der Waals surface area contributed by atoms with E-state index in [0.717, 1.165) is 25.7 Å². The van der Waals surface area contributed by atoms with Crippen LogP contribution >= 0.6 is 0 Å². The van der Waals surface area contributed by atoms with Crippen LogP contribution < -0.4 is 0 Å². The standard InChI is InChI=1S/C13H15NO3/c15-13(10-5-1-2-6-10)9-11-7-3-4-8-12(11)14(16)17/h3-4,7-8,10H,1-2,5-6,9H2. The smallest absolute Gasteiger partial charge is 0.273 e. The van der Waals surface area contributed by atoms with Crippen LogP contribution in [0.4, 0.5) is 5.69 Å². The second-order valence-electron chi connectivity index (χ2n) is 4.51. The number of Topliss-reactive ketones (excluding diaryl/α,β-unsaturated/α-hetero) is 1. The number of carbonyl (C=O) groups excluding carboxylic acids is 1. The Bertz CT molecular complexity index is 436. The lowest BCUT2D eigenvalue weighted by Gasteiger charge is -2.07. The molecule has 0 amide bonds. The average molecular weight is 233 g/mol. The van der Waals surface area contributed by atoms with Crippen molar-refractivity contribution in [3.05, 3.63) is 39.9 Å². The third-order valence-corrected chi connectivity index (χ3v) is 3.36. The molecule has 0 heterocycles. The topological polar surface area (TPSA) is 60.2 Å². The monoisotopic (exact) mass is 233 g/mol. The first-order chi connectivity index (χ1) is 8.18. The summed E-state index contributed by atoms with van der Waals surface area (Å²) in [4.78, 5) is 22.4. The van der Waals surface area contributed by atoms with Gasteiger partial charge < -0.3 is 0 Å². The zero-order valence-corrected chi connectivity index (χ0v) is 9.59. The van der Waals surface area contributed by atoms with Crippen molar-refractivity contribution in [2.24, 2.45) is 5.92 Å². The zero-order chi connectivity index (χ0) is 12.3. The number of hydrogen-bond donors (Lipinski definition) is 0. The maximum Gasteiger partial charge on any atom is 0.273 e. The van der Waals surface area contributed by atoms with Crippen LogP contribution in [0.15, 0.2) is 24.3 Å². The summed E-state index contributed by atoms with van der Waals surface area (Å²) in [5.41, 5.74) is 0.591. The van der Waals surface area contributed by atoms with E-state index in [-0.39, 0.29) is 23.8 Å². The number of rotatable bonds is 4. The molecule has 1 aliphatic rings. The molecule has 1 fully saturated rings. The summed E-state index contributed by atoms with van der Waals surface area (Å²) in [5.74, 6) is 0.270. The van der Waals surface area contributed by atoms with E-state index in [1.807, 2.05) is 0 Å². The molecule has 4 heteroatoms. The Labute approximate surface area is 99.8 Å². The molecule has 17 heavy (non-hydrogen) atoms. The second kappa shape index (κ2) is 5.08. The van der Waals surface area contributed by atoms with Crippen LogP contribution in [-0.2, 0) is 11.2 Å². The third kappa shape index (κ3) is 2.70. The van der Waals surface area contributed by atoms with Gasteiger partial charge in [0.25, 0.3) is 5.69 Å². The minimum absolute atomic E-state index is 0.0545. The van der Waals surface area contributed by atoms with Crippen molar-refractivity contribution >= 4 is 11.5 Å². The van der Waals surface area contributed by atoms with Crippen molar-refractivity contribution in [3.8, 4) is 0 Å². The third-order valence-electron chi connectivity index (χ3n) is 3.36. The molecule has 0 atom stereocenters. The molecular weight excluding hydrogens is 218 g/mol. The summed E-state index contributed by atoms with van der Waals surface area (Å²) in [6.07, 6.45) is 4.29. The highest BCUT2D eigenvalue weighted by Gasteiger charge is 2.24. The number of benzene rings is 1. The zero-order valence-electron chi connectivity index (χ0n) is 9.59. The van der Waals surface area contributed by atoms with Gasteiger partial charge >= 0.3 is 0 Å². The van der Waals surface area contributed by atoms with Crippen LogP contribution in [0.5, 0.6) is 0 Å². The molecule has 0 radical (unpaired) electrons. The Morgan fingerprint density at radius 1 is 1.29 bits per heavy atom. The fourth-order valence-electron chi connectivity index (χ4n) is 2.42. The quantitative estimate of drug-likeness (QED) is 0.593. The molecule has 0 aromatic heterocycles. The molecule has 0 N–H and O–H groups in total. The Hall–Kier alpha value is -1.71. The summed E-state index contributed by atoms with van der Waals surface area (Å²) in [6, 6.07) is 6.49. The van der Waals surface area contributed by atoms with E-state index in [1.165, 1.54) is 6.07 Å².